The number of para-hydroxylation sites is 2. The Labute approximate surface area is 434 Å². The van der Waals surface area contributed by atoms with E-state index < -0.39 is 0 Å². The Hall–Kier alpha value is -9.96. The summed E-state index contributed by atoms with van der Waals surface area (Å²) in [6.45, 7) is 0. The minimum Gasteiger partial charge on any atom is -0.455 e. The standard InChI is InChI=1S/C72H46N2O/c1-4-18-61-50(13-1)37-44-66-71-60(23-12-26-70(71)75-72(61)66)51-35-42-57(43-36-51)73(56-40-33-49(34-41-56)53-15-11-16-58(45-53)74-68-24-9-7-21-64(68)65-22-8-10-25-69(65)74)55-38-31-48(32-39-55)47-27-29-52(30-28-47)67-46-54-14-2-3-17-59(54)62-19-5-6-20-63(62)67/h1-46H. The van der Waals surface area contributed by atoms with Crippen LogP contribution in [-0.2, 0) is 0 Å². The normalized spacial score (nSPS) is 11.7. The van der Waals surface area contributed by atoms with E-state index in [1.807, 2.05) is 0 Å². The van der Waals surface area contributed by atoms with Gasteiger partial charge in [0.05, 0.1) is 11.0 Å². The number of aromatic nitrogens is 1. The molecular weight excluding hydrogens is 909 g/mol. The number of benzene rings is 13. The highest BCUT2D eigenvalue weighted by molar-refractivity contribution is 6.19. The van der Waals surface area contributed by atoms with Crippen LogP contribution in [0, 0.1) is 0 Å². The second kappa shape index (κ2) is 17.4. The van der Waals surface area contributed by atoms with Crippen LogP contribution in [0.25, 0.3) is 126 Å². The number of furan rings is 1. The number of anilines is 3. The van der Waals surface area contributed by atoms with Crippen molar-refractivity contribution in [2.75, 3.05) is 4.90 Å². The van der Waals surface area contributed by atoms with E-state index >= 15 is 0 Å². The summed E-state index contributed by atoms with van der Waals surface area (Å²) in [5.74, 6) is 0. The average Bonchev–Trinajstić information content (AvgIpc) is 4.07. The minimum absolute atomic E-state index is 0.891. The molecule has 0 bridgehead atoms. The summed E-state index contributed by atoms with van der Waals surface area (Å²) < 4.78 is 8.98. The first-order valence-electron chi connectivity index (χ1n) is 25.7. The van der Waals surface area contributed by atoms with Gasteiger partial charge in [0.25, 0.3) is 0 Å². The highest BCUT2D eigenvalue weighted by Crippen LogP contribution is 2.43. The van der Waals surface area contributed by atoms with Gasteiger partial charge in [0.1, 0.15) is 11.2 Å². The van der Waals surface area contributed by atoms with Crippen LogP contribution in [0.1, 0.15) is 0 Å². The molecule has 0 atom stereocenters. The topological polar surface area (TPSA) is 21.3 Å². The maximum atomic E-state index is 6.59. The summed E-state index contributed by atoms with van der Waals surface area (Å²) in [5, 5.41) is 12.2. The Bertz CT molecular complexity index is 4620. The van der Waals surface area contributed by atoms with Gasteiger partial charge in [0.15, 0.2) is 0 Å². The monoisotopic (exact) mass is 954 g/mol. The molecule has 2 heterocycles. The zero-order chi connectivity index (χ0) is 49.4. The highest BCUT2D eigenvalue weighted by Gasteiger charge is 2.19. The van der Waals surface area contributed by atoms with Crippen molar-refractivity contribution >= 4 is 93.1 Å². The summed E-state index contributed by atoms with van der Waals surface area (Å²) in [6.07, 6.45) is 0. The maximum absolute atomic E-state index is 6.59. The third-order valence-electron chi connectivity index (χ3n) is 15.4. The quantitative estimate of drug-likeness (QED) is 0.142. The summed E-state index contributed by atoms with van der Waals surface area (Å²) >= 11 is 0. The number of fused-ring (bicyclic) bond motifs is 11. The van der Waals surface area contributed by atoms with Crippen LogP contribution in [0.2, 0.25) is 0 Å². The zero-order valence-corrected chi connectivity index (χ0v) is 40.9. The predicted molar refractivity (Wildman–Crippen MR) is 317 cm³/mol. The smallest absolute Gasteiger partial charge is 0.143 e. The number of rotatable bonds is 8. The van der Waals surface area contributed by atoms with Gasteiger partial charge in [-0.3, -0.25) is 0 Å². The zero-order valence-electron chi connectivity index (χ0n) is 40.9. The average molecular weight is 955 g/mol. The van der Waals surface area contributed by atoms with Gasteiger partial charge in [-0.1, -0.05) is 200 Å². The third-order valence-corrected chi connectivity index (χ3v) is 15.4. The van der Waals surface area contributed by atoms with E-state index in [1.165, 1.54) is 65.4 Å². The molecule has 3 nitrogen and oxygen atoms in total. The first-order chi connectivity index (χ1) is 37.2. The number of hydrogen-bond donors (Lipinski definition) is 0. The molecular formula is C72H46N2O. The highest BCUT2D eigenvalue weighted by atomic mass is 16.3. The van der Waals surface area contributed by atoms with Gasteiger partial charge in [0.2, 0.25) is 0 Å². The first-order valence-corrected chi connectivity index (χ1v) is 25.7. The third kappa shape index (κ3) is 7.12. The summed E-state index contributed by atoms with van der Waals surface area (Å²) in [7, 11) is 0. The molecule has 0 radical (unpaired) electrons. The fourth-order valence-electron chi connectivity index (χ4n) is 11.8. The van der Waals surface area contributed by atoms with Crippen LogP contribution in [0.3, 0.4) is 0 Å². The molecule has 350 valence electrons. The lowest BCUT2D eigenvalue weighted by Crippen LogP contribution is -2.09. The van der Waals surface area contributed by atoms with E-state index in [0.29, 0.717) is 0 Å². The lowest BCUT2D eigenvalue weighted by atomic mass is 9.92. The van der Waals surface area contributed by atoms with Crippen molar-refractivity contribution < 1.29 is 4.42 Å². The van der Waals surface area contributed by atoms with E-state index in [2.05, 4.69) is 289 Å². The van der Waals surface area contributed by atoms with E-state index in [9.17, 15) is 0 Å². The van der Waals surface area contributed by atoms with Crippen molar-refractivity contribution in [1.82, 2.24) is 4.57 Å². The fourth-order valence-corrected chi connectivity index (χ4v) is 11.8. The molecule has 0 saturated carbocycles. The van der Waals surface area contributed by atoms with Crippen molar-refractivity contribution in [2.45, 2.75) is 0 Å². The second-order valence-corrected chi connectivity index (χ2v) is 19.6. The predicted octanol–water partition coefficient (Wildman–Crippen LogP) is 20.3. The summed E-state index contributed by atoms with van der Waals surface area (Å²) in [5.41, 5.74) is 18.0. The van der Waals surface area contributed by atoms with E-state index in [0.717, 1.165) is 77.9 Å². The van der Waals surface area contributed by atoms with Gasteiger partial charge in [-0.25, -0.2) is 0 Å². The molecule has 15 rings (SSSR count). The SMILES string of the molecule is c1cc(-c2ccc(N(c3ccc(-c4ccc(-c5cc6ccccc6c6ccccc56)cc4)cc3)c3ccc(-c4cccc5oc6c7ccccc7ccc6c45)cc3)cc2)cc(-n2c3ccccc3c3ccccc32)c1. The van der Waals surface area contributed by atoms with Crippen LogP contribution in [-0.4, -0.2) is 4.57 Å². The largest absolute Gasteiger partial charge is 0.455 e. The van der Waals surface area contributed by atoms with Crippen molar-refractivity contribution in [2.24, 2.45) is 0 Å². The molecule has 0 aliphatic carbocycles. The molecule has 0 aliphatic heterocycles. The van der Waals surface area contributed by atoms with E-state index in [4.69, 9.17) is 4.42 Å². The van der Waals surface area contributed by atoms with Crippen molar-refractivity contribution in [3.63, 3.8) is 0 Å². The second-order valence-electron chi connectivity index (χ2n) is 19.6. The van der Waals surface area contributed by atoms with Crippen LogP contribution < -0.4 is 4.90 Å². The Balaban J connectivity index is 0.796. The molecule has 15 aromatic rings. The molecule has 0 unspecified atom stereocenters. The molecule has 0 saturated heterocycles. The minimum atomic E-state index is 0.891. The Morgan fingerprint density at radius 1 is 0.280 bits per heavy atom. The van der Waals surface area contributed by atoms with Gasteiger partial charge >= 0.3 is 0 Å². The molecule has 0 spiro atoms. The van der Waals surface area contributed by atoms with Gasteiger partial charge in [-0.05, 0) is 150 Å². The van der Waals surface area contributed by atoms with Crippen LogP contribution in [0.5, 0.6) is 0 Å². The molecule has 2 aromatic heterocycles. The molecule has 0 amide bonds. The van der Waals surface area contributed by atoms with Crippen LogP contribution in [0.15, 0.2) is 283 Å². The lowest BCUT2D eigenvalue weighted by molar-refractivity contribution is 0.673. The van der Waals surface area contributed by atoms with Crippen LogP contribution in [0.4, 0.5) is 17.1 Å². The van der Waals surface area contributed by atoms with E-state index in [-0.39, 0.29) is 0 Å². The molecule has 3 heteroatoms. The van der Waals surface area contributed by atoms with Gasteiger partial charge < -0.3 is 13.9 Å². The van der Waals surface area contributed by atoms with Gasteiger partial charge in [-0.15, -0.1) is 0 Å². The molecule has 0 fully saturated rings. The van der Waals surface area contributed by atoms with Gasteiger partial charge in [-0.2, -0.15) is 0 Å². The fraction of sp³-hybridized carbons (Fsp3) is 0. The molecule has 75 heavy (non-hydrogen) atoms. The van der Waals surface area contributed by atoms with Gasteiger partial charge in [0, 0.05) is 49.7 Å². The van der Waals surface area contributed by atoms with Crippen molar-refractivity contribution in [3.8, 4) is 50.2 Å². The first kappa shape index (κ1) is 42.7. The Morgan fingerprint density at radius 2 is 0.773 bits per heavy atom. The van der Waals surface area contributed by atoms with Crippen LogP contribution >= 0.6 is 0 Å². The van der Waals surface area contributed by atoms with E-state index in [1.54, 1.807) is 0 Å². The number of hydrogen-bond acceptors (Lipinski definition) is 2. The molecule has 0 N–H and O–H groups in total. The lowest BCUT2D eigenvalue weighted by Gasteiger charge is -2.26. The Kier molecular flexibility index (Phi) is 9.89. The van der Waals surface area contributed by atoms with Crippen molar-refractivity contribution in [1.29, 1.82) is 0 Å². The molecule has 0 aliphatic rings. The van der Waals surface area contributed by atoms with Crippen molar-refractivity contribution in [3.05, 3.63) is 279 Å². The summed E-state index contributed by atoms with van der Waals surface area (Å²) in [4.78, 5) is 2.36. The maximum Gasteiger partial charge on any atom is 0.143 e. The number of nitrogens with zero attached hydrogens (tertiary/aromatic N) is 2. The Morgan fingerprint density at radius 3 is 1.44 bits per heavy atom. The molecule has 13 aromatic carbocycles. The summed E-state index contributed by atoms with van der Waals surface area (Å²) in [6, 6.07) is 101.